The van der Waals surface area contributed by atoms with E-state index in [9.17, 15) is 4.79 Å². The van der Waals surface area contributed by atoms with Gasteiger partial charge >= 0.3 is 6.03 Å². The number of hydrogen-bond acceptors (Lipinski definition) is 1. The third-order valence-electron chi connectivity index (χ3n) is 4.09. The third-order valence-corrected chi connectivity index (χ3v) is 4.09. The summed E-state index contributed by atoms with van der Waals surface area (Å²) >= 11 is 0. The quantitative estimate of drug-likeness (QED) is 0.809. The normalized spacial score (nSPS) is 16.2. The average molecular weight is 274 g/mol. The molecular weight excluding hydrogens is 248 g/mol. The zero-order chi connectivity index (χ0) is 14.4. The third kappa shape index (κ3) is 3.75. The minimum absolute atomic E-state index is 0.177. The molecule has 2 amide bonds. The second kappa shape index (κ2) is 7.32. The molecule has 1 aromatic carbocycles. The van der Waals surface area contributed by atoms with E-state index in [-0.39, 0.29) is 6.03 Å². The topological polar surface area (TPSA) is 23.6 Å². The van der Waals surface area contributed by atoms with Gasteiger partial charge < -0.3 is 4.90 Å². The first-order valence-corrected chi connectivity index (χ1v) is 7.84. The second-order valence-corrected chi connectivity index (χ2v) is 5.79. The van der Waals surface area contributed by atoms with Crippen LogP contribution in [-0.2, 0) is 0 Å². The van der Waals surface area contributed by atoms with Crippen LogP contribution in [0.5, 0.6) is 0 Å². The van der Waals surface area contributed by atoms with Gasteiger partial charge in [0.1, 0.15) is 0 Å². The number of carbonyl (C=O) groups excluding carboxylic acids is 1. The molecule has 1 heterocycles. The number of amides is 2. The van der Waals surface area contributed by atoms with Gasteiger partial charge in [0.15, 0.2) is 0 Å². The van der Waals surface area contributed by atoms with Gasteiger partial charge in [-0.05, 0) is 37.3 Å². The van der Waals surface area contributed by atoms with Crippen molar-refractivity contribution in [3.05, 3.63) is 30.3 Å². The van der Waals surface area contributed by atoms with Gasteiger partial charge in [0.25, 0.3) is 0 Å². The van der Waals surface area contributed by atoms with Gasteiger partial charge in [-0.3, -0.25) is 4.90 Å². The zero-order valence-corrected chi connectivity index (χ0v) is 12.7. The molecule has 0 saturated carbocycles. The van der Waals surface area contributed by atoms with Gasteiger partial charge in [-0.2, -0.15) is 0 Å². The average Bonchev–Trinajstić information content (AvgIpc) is 2.49. The van der Waals surface area contributed by atoms with Gasteiger partial charge in [0, 0.05) is 25.3 Å². The largest absolute Gasteiger partial charge is 0.324 e. The molecule has 0 spiro atoms. The van der Waals surface area contributed by atoms with Gasteiger partial charge in [0.2, 0.25) is 0 Å². The first-order valence-electron chi connectivity index (χ1n) is 7.84. The summed E-state index contributed by atoms with van der Waals surface area (Å²) in [7, 11) is 0. The molecule has 1 saturated heterocycles. The Kier molecular flexibility index (Phi) is 5.45. The van der Waals surface area contributed by atoms with Crippen LogP contribution in [0, 0.1) is 5.92 Å². The van der Waals surface area contributed by atoms with Crippen LogP contribution in [0.25, 0.3) is 0 Å². The first-order chi connectivity index (χ1) is 9.72. The van der Waals surface area contributed by atoms with Crippen LogP contribution in [-0.4, -0.2) is 30.6 Å². The van der Waals surface area contributed by atoms with Crippen molar-refractivity contribution in [2.24, 2.45) is 5.92 Å². The maximum absolute atomic E-state index is 12.8. The fraction of sp³-hybridized carbons (Fsp3) is 0.588. The molecule has 0 aromatic heterocycles. The van der Waals surface area contributed by atoms with Crippen LogP contribution in [0.4, 0.5) is 10.5 Å². The predicted molar refractivity (Wildman–Crippen MR) is 84.1 cm³/mol. The smallest absolute Gasteiger partial charge is 0.324 e. The van der Waals surface area contributed by atoms with E-state index in [0.29, 0.717) is 0 Å². The van der Waals surface area contributed by atoms with Crippen molar-refractivity contribution in [3.63, 3.8) is 0 Å². The van der Waals surface area contributed by atoms with E-state index in [1.165, 1.54) is 0 Å². The molecule has 110 valence electrons. The first kappa shape index (κ1) is 14.9. The number of rotatable bonds is 4. The fourth-order valence-electron chi connectivity index (χ4n) is 2.63. The number of benzene rings is 1. The SMILES string of the molecule is CCCCN(C(=O)N1CCC(C)CC1)c1ccccc1. The van der Waals surface area contributed by atoms with Crippen molar-refractivity contribution >= 4 is 11.7 Å². The van der Waals surface area contributed by atoms with E-state index in [2.05, 4.69) is 13.8 Å². The molecule has 1 aliphatic rings. The Morgan fingerprint density at radius 2 is 1.90 bits per heavy atom. The second-order valence-electron chi connectivity index (χ2n) is 5.79. The molecule has 20 heavy (non-hydrogen) atoms. The molecule has 3 nitrogen and oxygen atoms in total. The van der Waals surface area contributed by atoms with Gasteiger partial charge in [-0.1, -0.05) is 38.5 Å². The lowest BCUT2D eigenvalue weighted by Gasteiger charge is -2.35. The number of nitrogens with zero attached hydrogens (tertiary/aromatic N) is 2. The number of urea groups is 1. The number of unbranched alkanes of at least 4 members (excludes halogenated alkanes) is 1. The Morgan fingerprint density at radius 1 is 1.25 bits per heavy atom. The number of anilines is 1. The molecule has 1 aromatic rings. The number of hydrogen-bond donors (Lipinski definition) is 0. The lowest BCUT2D eigenvalue weighted by molar-refractivity contribution is 0.180. The molecule has 0 bridgehead atoms. The highest BCUT2D eigenvalue weighted by Crippen LogP contribution is 2.21. The molecule has 3 heteroatoms. The Labute approximate surface area is 122 Å². The summed E-state index contributed by atoms with van der Waals surface area (Å²) in [4.78, 5) is 16.7. The van der Waals surface area contributed by atoms with Crippen molar-refractivity contribution in [1.29, 1.82) is 0 Å². The van der Waals surface area contributed by atoms with Gasteiger partial charge in [0.05, 0.1) is 0 Å². The van der Waals surface area contributed by atoms with Crippen LogP contribution < -0.4 is 4.90 Å². The maximum atomic E-state index is 12.8. The summed E-state index contributed by atoms with van der Waals surface area (Å²) in [6, 6.07) is 10.2. The van der Waals surface area contributed by atoms with Gasteiger partial charge in [-0.25, -0.2) is 4.79 Å². The molecule has 2 rings (SSSR count). The highest BCUT2D eigenvalue weighted by atomic mass is 16.2. The molecule has 0 aliphatic carbocycles. The lowest BCUT2D eigenvalue weighted by atomic mass is 9.99. The van der Waals surface area contributed by atoms with E-state index in [4.69, 9.17) is 0 Å². The predicted octanol–water partition coefficient (Wildman–Crippen LogP) is 4.15. The van der Waals surface area contributed by atoms with Crippen molar-refractivity contribution in [2.45, 2.75) is 39.5 Å². The Hall–Kier alpha value is -1.51. The lowest BCUT2D eigenvalue weighted by Crippen LogP contribution is -2.47. The van der Waals surface area contributed by atoms with Crippen LogP contribution in [0.1, 0.15) is 39.5 Å². The van der Waals surface area contributed by atoms with Crippen molar-refractivity contribution in [3.8, 4) is 0 Å². The maximum Gasteiger partial charge on any atom is 0.324 e. The summed E-state index contributed by atoms with van der Waals surface area (Å²) in [6.45, 7) is 7.04. The molecule has 0 N–H and O–H groups in total. The Morgan fingerprint density at radius 3 is 2.50 bits per heavy atom. The molecule has 1 aliphatic heterocycles. The Bertz CT molecular complexity index is 410. The van der Waals surface area contributed by atoms with Crippen molar-refractivity contribution in [2.75, 3.05) is 24.5 Å². The number of piperidine rings is 1. The minimum Gasteiger partial charge on any atom is -0.324 e. The van der Waals surface area contributed by atoms with Crippen molar-refractivity contribution < 1.29 is 4.79 Å². The Balaban J connectivity index is 2.08. The van der Waals surface area contributed by atoms with Crippen LogP contribution in [0.15, 0.2) is 30.3 Å². The standard InChI is InChI=1S/C17H26N2O/c1-3-4-12-19(16-8-6-5-7-9-16)17(20)18-13-10-15(2)11-14-18/h5-9,15H,3-4,10-14H2,1-2H3. The van der Waals surface area contributed by atoms with Crippen LogP contribution in [0.3, 0.4) is 0 Å². The molecule has 1 fully saturated rings. The monoisotopic (exact) mass is 274 g/mol. The number of carbonyl (C=O) groups is 1. The fourth-order valence-corrected chi connectivity index (χ4v) is 2.63. The summed E-state index contributed by atoms with van der Waals surface area (Å²) in [5.41, 5.74) is 1.02. The van der Waals surface area contributed by atoms with Crippen LogP contribution in [0.2, 0.25) is 0 Å². The molecular formula is C17H26N2O. The van der Waals surface area contributed by atoms with E-state index in [1.807, 2.05) is 40.1 Å². The van der Waals surface area contributed by atoms with E-state index in [0.717, 1.165) is 56.9 Å². The summed E-state index contributed by atoms with van der Waals surface area (Å²) in [5, 5.41) is 0. The summed E-state index contributed by atoms with van der Waals surface area (Å²) in [5.74, 6) is 0.750. The van der Waals surface area contributed by atoms with Gasteiger partial charge in [-0.15, -0.1) is 0 Å². The minimum atomic E-state index is 0.177. The number of para-hydroxylation sites is 1. The van der Waals surface area contributed by atoms with Crippen molar-refractivity contribution in [1.82, 2.24) is 4.90 Å². The summed E-state index contributed by atoms with van der Waals surface area (Å²) < 4.78 is 0. The number of likely N-dealkylation sites (tertiary alicyclic amines) is 1. The zero-order valence-electron chi connectivity index (χ0n) is 12.7. The summed E-state index contributed by atoms with van der Waals surface area (Å²) in [6.07, 6.45) is 4.41. The van der Waals surface area contributed by atoms with E-state index >= 15 is 0 Å². The van der Waals surface area contributed by atoms with E-state index in [1.54, 1.807) is 0 Å². The molecule has 0 unspecified atom stereocenters. The highest BCUT2D eigenvalue weighted by molar-refractivity contribution is 5.92. The molecule has 0 radical (unpaired) electrons. The molecule has 0 atom stereocenters. The highest BCUT2D eigenvalue weighted by Gasteiger charge is 2.25. The van der Waals surface area contributed by atoms with Crippen LogP contribution >= 0.6 is 0 Å². The van der Waals surface area contributed by atoms with E-state index < -0.39 is 0 Å².